The van der Waals surface area contributed by atoms with Gasteiger partial charge in [0.05, 0.1) is 12.5 Å². The maximum atomic E-state index is 10.4. The Labute approximate surface area is 72.1 Å². The summed E-state index contributed by atoms with van der Waals surface area (Å²) in [5.41, 5.74) is 0. The number of aliphatic hydroxyl groups excluding tert-OH is 1. The van der Waals surface area contributed by atoms with Crippen LogP contribution >= 0.6 is 0 Å². The van der Waals surface area contributed by atoms with E-state index in [-0.39, 0.29) is 0 Å². The van der Waals surface area contributed by atoms with Crippen LogP contribution in [-0.2, 0) is 9.47 Å². The first-order valence-electron chi connectivity index (χ1n) is 3.35. The molecule has 0 amide bonds. The predicted molar refractivity (Wildman–Crippen MR) is 45.3 cm³/mol. The van der Waals surface area contributed by atoms with Gasteiger partial charge in [-0.3, -0.25) is 0 Å². The molecule has 0 aliphatic heterocycles. The summed E-state index contributed by atoms with van der Waals surface area (Å²) in [7, 11) is 1.00. The van der Waals surface area contributed by atoms with E-state index in [9.17, 15) is 4.79 Å². The summed E-state index contributed by atoms with van der Waals surface area (Å²) >= 11 is 0. The number of aliphatic hydroxyl groups is 1. The highest BCUT2D eigenvalue weighted by atomic mass is 16.7. The number of ether oxygens (including phenoxy) is 2. The molecule has 0 aliphatic rings. The third-order valence-electron chi connectivity index (χ3n) is 0.601. The third kappa shape index (κ3) is 11.5. The molecule has 0 atom stereocenters. The Kier molecular flexibility index (Phi) is 13.7. The van der Waals surface area contributed by atoms with Gasteiger partial charge in [0.15, 0.2) is 0 Å². The van der Waals surface area contributed by atoms with Gasteiger partial charge in [0, 0.05) is 7.11 Å². The van der Waals surface area contributed by atoms with Gasteiger partial charge in [-0.05, 0) is 13.8 Å². The van der Waals surface area contributed by atoms with Crippen molar-refractivity contribution in [1.82, 2.24) is 0 Å². The number of rotatable bonds is 2. The molecule has 12 heavy (non-hydrogen) atoms. The second-order valence-electron chi connectivity index (χ2n) is 1.42. The monoisotopic (exact) mass is 174 g/mol. The fourth-order valence-corrected chi connectivity index (χ4v) is 0.275. The summed E-state index contributed by atoms with van der Waals surface area (Å²) < 4.78 is 8.80. The Hall–Kier alpha value is -1.29. The van der Waals surface area contributed by atoms with Crippen LogP contribution in [0, 0.1) is 0 Å². The van der Waals surface area contributed by atoms with E-state index in [1.165, 1.54) is 12.5 Å². The van der Waals surface area contributed by atoms with E-state index < -0.39 is 6.16 Å². The van der Waals surface area contributed by atoms with E-state index >= 15 is 0 Å². The van der Waals surface area contributed by atoms with E-state index in [0.717, 1.165) is 7.11 Å². The van der Waals surface area contributed by atoms with Crippen LogP contribution in [0.1, 0.15) is 13.8 Å². The van der Waals surface area contributed by atoms with E-state index in [1.54, 1.807) is 26.0 Å². The Morgan fingerprint density at radius 3 is 1.67 bits per heavy atom. The first-order valence-corrected chi connectivity index (χ1v) is 3.35. The lowest BCUT2D eigenvalue weighted by Crippen LogP contribution is -1.97. The molecule has 0 spiro atoms. The van der Waals surface area contributed by atoms with Crippen molar-refractivity contribution in [2.45, 2.75) is 13.8 Å². The average Bonchev–Trinajstić information content (AvgIpc) is 2.14. The van der Waals surface area contributed by atoms with Crippen molar-refractivity contribution in [2.24, 2.45) is 0 Å². The van der Waals surface area contributed by atoms with Gasteiger partial charge in [0.25, 0.3) is 0 Å². The lowest BCUT2D eigenvalue weighted by atomic mass is 10.7. The van der Waals surface area contributed by atoms with Crippen molar-refractivity contribution in [1.29, 1.82) is 0 Å². The lowest BCUT2D eigenvalue weighted by molar-refractivity contribution is 0.119. The van der Waals surface area contributed by atoms with Gasteiger partial charge < -0.3 is 14.6 Å². The molecule has 0 bridgehead atoms. The van der Waals surface area contributed by atoms with Crippen LogP contribution < -0.4 is 0 Å². The number of hydrogen-bond donors (Lipinski definition) is 1. The fourth-order valence-electron chi connectivity index (χ4n) is 0.275. The Balaban J connectivity index is 0. The van der Waals surface area contributed by atoms with Gasteiger partial charge in [-0.2, -0.15) is 0 Å². The molecule has 0 aromatic rings. The van der Waals surface area contributed by atoms with Crippen molar-refractivity contribution >= 4 is 6.16 Å². The van der Waals surface area contributed by atoms with Crippen LogP contribution in [0.5, 0.6) is 0 Å². The first-order chi connectivity index (χ1) is 5.81. The SMILES string of the molecule is CC=COC(=O)OC=CC.CO. The van der Waals surface area contributed by atoms with Gasteiger partial charge in [0.2, 0.25) is 0 Å². The summed E-state index contributed by atoms with van der Waals surface area (Å²) in [5, 5.41) is 7.00. The molecule has 4 heteroatoms. The van der Waals surface area contributed by atoms with Crippen molar-refractivity contribution in [3.05, 3.63) is 24.7 Å². The maximum Gasteiger partial charge on any atom is 0.518 e. The highest BCUT2D eigenvalue weighted by Gasteiger charge is 1.94. The van der Waals surface area contributed by atoms with E-state index in [2.05, 4.69) is 9.47 Å². The standard InChI is InChI=1S/C7H10O3.CH4O/c1-3-5-9-7(8)10-6-4-2;1-2/h3-6H,1-2H3;2H,1H3. The number of carbonyl (C=O) groups is 1. The molecule has 0 fully saturated rings. The Morgan fingerprint density at radius 1 is 1.08 bits per heavy atom. The minimum absolute atomic E-state index is 0.726. The molecule has 0 rings (SSSR count). The molecule has 0 unspecified atom stereocenters. The van der Waals surface area contributed by atoms with Crippen LogP contribution in [0.3, 0.4) is 0 Å². The molecular weight excluding hydrogens is 160 g/mol. The fraction of sp³-hybridized carbons (Fsp3) is 0.375. The summed E-state index contributed by atoms with van der Waals surface area (Å²) in [5.74, 6) is 0. The Morgan fingerprint density at radius 2 is 1.42 bits per heavy atom. The molecule has 0 heterocycles. The number of carbonyl (C=O) groups excluding carboxylic acids is 1. The zero-order valence-corrected chi connectivity index (χ0v) is 7.48. The van der Waals surface area contributed by atoms with Crippen LogP contribution in [0.15, 0.2) is 24.7 Å². The van der Waals surface area contributed by atoms with Crippen molar-refractivity contribution in [3.8, 4) is 0 Å². The molecule has 0 radical (unpaired) electrons. The van der Waals surface area contributed by atoms with Crippen molar-refractivity contribution < 1.29 is 19.4 Å². The van der Waals surface area contributed by atoms with Crippen LogP contribution in [0.2, 0.25) is 0 Å². The summed E-state index contributed by atoms with van der Waals surface area (Å²) in [6.07, 6.45) is 4.97. The summed E-state index contributed by atoms with van der Waals surface area (Å²) in [6, 6.07) is 0. The average molecular weight is 174 g/mol. The number of allylic oxidation sites excluding steroid dienone is 2. The van der Waals surface area contributed by atoms with Gasteiger partial charge in [0.1, 0.15) is 0 Å². The van der Waals surface area contributed by atoms with Crippen molar-refractivity contribution in [3.63, 3.8) is 0 Å². The summed E-state index contributed by atoms with van der Waals surface area (Å²) in [6.45, 7) is 3.48. The molecular formula is C8H14O4. The largest absolute Gasteiger partial charge is 0.518 e. The smallest absolute Gasteiger partial charge is 0.403 e. The first kappa shape index (κ1) is 13.3. The van der Waals surface area contributed by atoms with Gasteiger partial charge in [-0.15, -0.1) is 0 Å². The lowest BCUT2D eigenvalue weighted by Gasteiger charge is -1.93. The summed E-state index contributed by atoms with van der Waals surface area (Å²) in [4.78, 5) is 10.4. The minimum atomic E-state index is -0.726. The molecule has 0 saturated heterocycles. The van der Waals surface area contributed by atoms with Gasteiger partial charge in [-0.1, -0.05) is 12.2 Å². The molecule has 0 aromatic heterocycles. The van der Waals surface area contributed by atoms with Gasteiger partial charge in [-0.25, -0.2) is 4.79 Å². The zero-order valence-electron chi connectivity index (χ0n) is 7.48. The van der Waals surface area contributed by atoms with E-state index in [1.807, 2.05) is 0 Å². The highest BCUT2D eigenvalue weighted by Crippen LogP contribution is 1.86. The maximum absolute atomic E-state index is 10.4. The second-order valence-corrected chi connectivity index (χ2v) is 1.42. The normalized spacial score (nSPS) is 9.33. The predicted octanol–water partition coefficient (Wildman–Crippen LogP) is 1.82. The molecule has 4 nitrogen and oxygen atoms in total. The molecule has 1 N–H and O–H groups in total. The third-order valence-corrected chi connectivity index (χ3v) is 0.601. The molecule has 70 valence electrons. The second kappa shape index (κ2) is 12.4. The number of hydrogen-bond acceptors (Lipinski definition) is 4. The van der Waals surface area contributed by atoms with E-state index in [0.29, 0.717) is 0 Å². The van der Waals surface area contributed by atoms with Gasteiger partial charge >= 0.3 is 6.16 Å². The zero-order chi connectivity index (χ0) is 9.82. The van der Waals surface area contributed by atoms with Crippen LogP contribution in [-0.4, -0.2) is 18.4 Å². The Bertz CT molecular complexity index is 133. The van der Waals surface area contributed by atoms with Crippen molar-refractivity contribution in [2.75, 3.05) is 7.11 Å². The minimum Gasteiger partial charge on any atom is -0.403 e. The topological polar surface area (TPSA) is 55.8 Å². The molecule has 0 aliphatic carbocycles. The molecule has 0 saturated carbocycles. The van der Waals surface area contributed by atoms with Crippen LogP contribution in [0.4, 0.5) is 4.79 Å². The quantitative estimate of drug-likeness (QED) is 0.512. The van der Waals surface area contributed by atoms with E-state index in [4.69, 9.17) is 5.11 Å². The molecule has 0 aromatic carbocycles. The highest BCUT2D eigenvalue weighted by molar-refractivity contribution is 5.61. The van der Waals surface area contributed by atoms with Crippen LogP contribution in [0.25, 0.3) is 0 Å².